The van der Waals surface area contributed by atoms with Gasteiger partial charge in [0.1, 0.15) is 10.5 Å². The van der Waals surface area contributed by atoms with Gasteiger partial charge in [0.05, 0.1) is 16.7 Å². The molecule has 1 aliphatic rings. The Morgan fingerprint density at radius 1 is 0.861 bits per heavy atom. The lowest BCUT2D eigenvalue weighted by Gasteiger charge is -2.36. The summed E-state index contributed by atoms with van der Waals surface area (Å²) in [7, 11) is -11.2. The highest BCUT2D eigenvalue weighted by molar-refractivity contribution is 7.99. The summed E-state index contributed by atoms with van der Waals surface area (Å²) >= 11 is 7.62. The minimum absolute atomic E-state index is 0.0161. The lowest BCUT2D eigenvalue weighted by molar-refractivity contribution is -0.0436. The van der Waals surface area contributed by atoms with E-state index in [0.29, 0.717) is 74.5 Å². The predicted molar refractivity (Wildman–Crippen MR) is 310 cm³/mol. The van der Waals surface area contributed by atoms with Gasteiger partial charge in [0, 0.05) is 65.7 Å². The maximum absolute atomic E-state index is 14.4. The third kappa shape index (κ3) is 17.4. The third-order valence-corrected chi connectivity index (χ3v) is 23.0. The second kappa shape index (κ2) is 26.2. The zero-order valence-corrected chi connectivity index (χ0v) is 50.3. The molecule has 0 bridgehead atoms. The van der Waals surface area contributed by atoms with Crippen LogP contribution in [0.5, 0.6) is 0 Å². The number of piperidine rings is 1. The molecule has 1 fully saturated rings. The highest BCUT2D eigenvalue weighted by Crippen LogP contribution is 2.40. The highest BCUT2D eigenvalue weighted by atomic mass is 35.5. The van der Waals surface area contributed by atoms with Crippen LogP contribution in [-0.2, 0) is 35.6 Å². The molecule has 14 nitrogen and oxygen atoms in total. The lowest BCUT2D eigenvalue weighted by atomic mass is 9.83. The summed E-state index contributed by atoms with van der Waals surface area (Å²) in [5.74, 6) is -0.924. The Labute approximate surface area is 474 Å². The van der Waals surface area contributed by atoms with Crippen LogP contribution in [0.4, 0.5) is 29.3 Å². The van der Waals surface area contributed by atoms with Crippen LogP contribution in [0.15, 0.2) is 130 Å². The largest absolute Gasteiger partial charge is 0.501 e. The van der Waals surface area contributed by atoms with Crippen molar-refractivity contribution in [2.45, 2.75) is 123 Å². The maximum Gasteiger partial charge on any atom is 0.501 e. The molecule has 430 valence electrons. The van der Waals surface area contributed by atoms with E-state index in [4.69, 9.17) is 20.8 Å². The van der Waals surface area contributed by atoms with Gasteiger partial charge in [0.2, 0.25) is 0 Å². The second-order valence-electron chi connectivity index (χ2n) is 22.3. The number of ether oxygens (including phenoxy) is 1. The van der Waals surface area contributed by atoms with Gasteiger partial charge in [-0.3, -0.25) is 4.79 Å². The van der Waals surface area contributed by atoms with Crippen LogP contribution in [0.1, 0.15) is 88.4 Å². The van der Waals surface area contributed by atoms with E-state index in [1.165, 1.54) is 23.9 Å². The number of sulfonamides is 1. The number of hydrogen-bond acceptors (Lipinski definition) is 13. The smallest absolute Gasteiger partial charge is 0.444 e. The Balaban J connectivity index is 1.13. The molecule has 79 heavy (non-hydrogen) atoms. The first kappa shape index (κ1) is 63.1. The molecule has 0 spiro atoms. The van der Waals surface area contributed by atoms with Crippen molar-refractivity contribution < 1.29 is 53.9 Å². The molecule has 5 aromatic rings. The molecule has 2 atom stereocenters. The van der Waals surface area contributed by atoms with Gasteiger partial charge < -0.3 is 34.7 Å². The average molecular weight is 1190 g/mol. The van der Waals surface area contributed by atoms with E-state index in [1.54, 1.807) is 45.0 Å². The quantitative estimate of drug-likeness (QED) is 0.0380. The molecule has 2 unspecified atom stereocenters. The first-order valence-corrected chi connectivity index (χ1v) is 33.3. The molecule has 1 saturated heterocycles. The monoisotopic (exact) mass is 1190 g/mol. The fraction of sp³-hybridized carbons (Fsp3) is 0.439. The van der Waals surface area contributed by atoms with Crippen LogP contribution in [0.2, 0.25) is 23.2 Å². The molecular weight excluding hydrogens is 1120 g/mol. The second-order valence-corrected chi connectivity index (χ2v) is 32.2. The van der Waals surface area contributed by atoms with Crippen LogP contribution in [0, 0.1) is 5.92 Å². The van der Waals surface area contributed by atoms with E-state index in [1.807, 2.05) is 77.3 Å². The van der Waals surface area contributed by atoms with Crippen molar-refractivity contribution in [2.24, 2.45) is 5.92 Å². The molecule has 22 heteroatoms. The molecule has 0 aromatic heterocycles. The summed E-state index contributed by atoms with van der Waals surface area (Å²) in [6, 6.07) is 30.2. The number of carbonyl (C=O) groups is 2. The van der Waals surface area contributed by atoms with Gasteiger partial charge in [-0.2, -0.15) is 13.2 Å². The number of alkyl carbamates (subject to hydrolysis) is 1. The van der Waals surface area contributed by atoms with Gasteiger partial charge >= 0.3 is 11.6 Å². The first-order valence-electron chi connectivity index (χ1n) is 26.0. The molecule has 0 radical (unpaired) electrons. The zero-order chi connectivity index (χ0) is 58.1. The number of hydrogen-bond donors (Lipinski definition) is 4. The average Bonchev–Trinajstić information content (AvgIpc) is 3.43. The van der Waals surface area contributed by atoms with E-state index in [9.17, 15) is 44.7 Å². The molecule has 2 amide bonds. The zero-order valence-electron chi connectivity index (χ0n) is 46.1. The van der Waals surface area contributed by atoms with E-state index in [2.05, 4.69) is 49.4 Å². The number of carbonyl (C=O) groups excluding carboxylic acids is 2. The van der Waals surface area contributed by atoms with Gasteiger partial charge in [-0.1, -0.05) is 80.9 Å². The Kier molecular flexibility index (Phi) is 20.9. The fourth-order valence-electron chi connectivity index (χ4n) is 8.57. The molecule has 0 saturated carbocycles. The minimum Gasteiger partial charge on any atom is -0.444 e. The number of rotatable bonds is 22. The number of benzene rings is 5. The van der Waals surface area contributed by atoms with Gasteiger partial charge in [-0.05, 0) is 167 Å². The number of aliphatic hydroxyl groups is 1. The maximum atomic E-state index is 14.4. The number of nitrogens with one attached hydrogen (secondary N) is 3. The van der Waals surface area contributed by atoms with E-state index in [0.717, 1.165) is 39.4 Å². The van der Waals surface area contributed by atoms with Crippen molar-refractivity contribution in [3.8, 4) is 11.1 Å². The van der Waals surface area contributed by atoms with Crippen LogP contribution >= 0.6 is 23.4 Å². The molecule has 4 N–H and O–H groups in total. The topological polar surface area (TPSA) is 184 Å². The molecule has 5 aromatic carbocycles. The van der Waals surface area contributed by atoms with Gasteiger partial charge in [-0.25, -0.2) is 26.4 Å². The van der Waals surface area contributed by atoms with Crippen molar-refractivity contribution in [3.05, 3.63) is 137 Å². The minimum atomic E-state index is -6.13. The summed E-state index contributed by atoms with van der Waals surface area (Å²) in [6.45, 7) is 18.9. The highest BCUT2D eigenvalue weighted by Gasteiger charge is 2.48. The number of amides is 2. The van der Waals surface area contributed by atoms with Crippen LogP contribution < -0.4 is 20.3 Å². The normalized spacial score (nSPS) is 14.9. The van der Waals surface area contributed by atoms with Crippen molar-refractivity contribution in [2.75, 3.05) is 55.8 Å². The lowest BCUT2D eigenvalue weighted by Crippen LogP contribution is -2.42. The van der Waals surface area contributed by atoms with E-state index in [-0.39, 0.29) is 23.1 Å². The number of aliphatic hydroxyl groups excluding tert-OH is 1. The third-order valence-electron chi connectivity index (χ3n) is 14.1. The van der Waals surface area contributed by atoms with Crippen molar-refractivity contribution in [3.63, 3.8) is 0 Å². The van der Waals surface area contributed by atoms with Gasteiger partial charge in [0.25, 0.3) is 25.8 Å². The number of sulfone groups is 1. The molecule has 1 aliphatic heterocycles. The summed E-state index contributed by atoms with van der Waals surface area (Å²) in [5, 5.41) is 18.3. The standard InChI is InChI=1S/C57H73ClF3N5O9S3Si/c1-55(2,3)75-54(69)62-37-39-15-25-48(40-16-20-43(58)21-17-40)49(35-39)52(67)41-27-31-66(32-28-41)45-22-18-42(19-23-45)53(68)64-78(72,73)47-24-26-50(51(36-47)77(70,71)57(59,60)61)63-44(38-76-46-13-11-10-12-14-46)29-30-65(7)33-34-74-79(8,9)56(4,5)6/h10-26,35-36,41,44,52,63,67H,27-34,37-38H2,1-9H3,(H,62,69)(H,64,68). The molecular formula is C57H73ClF3N5O9S3Si. The van der Waals surface area contributed by atoms with Crippen molar-refractivity contribution >= 4 is 74.9 Å². The van der Waals surface area contributed by atoms with E-state index < -0.39 is 78.9 Å². The number of thioether (sulfide) groups is 1. The molecule has 1 heterocycles. The Bertz CT molecular complexity index is 3100. The van der Waals surface area contributed by atoms with Gasteiger partial charge in [-0.15, -0.1) is 11.8 Å². The molecule has 6 rings (SSSR count). The number of alkyl halides is 3. The van der Waals surface area contributed by atoms with Crippen molar-refractivity contribution in [1.82, 2.24) is 14.9 Å². The number of nitrogens with zero attached hydrogens (tertiary/aromatic N) is 2. The fourth-order valence-corrected chi connectivity index (χ4v) is 12.7. The number of anilines is 2. The van der Waals surface area contributed by atoms with E-state index >= 15 is 0 Å². The summed E-state index contributed by atoms with van der Waals surface area (Å²) in [4.78, 5) is 28.8. The Morgan fingerprint density at radius 3 is 2.11 bits per heavy atom. The van der Waals surface area contributed by atoms with Crippen molar-refractivity contribution in [1.29, 1.82) is 0 Å². The SMILES string of the molecule is CN(CCO[Si](C)(C)C(C)(C)C)CCC(CSc1ccccc1)Nc1ccc(S(=O)(=O)NC(=O)c2ccc(N3CCC(C(O)c4cc(CNC(=O)OC(C)(C)C)ccc4-c4ccc(Cl)cc4)CC3)cc2)cc1S(=O)(=O)C(F)(F)F. The molecule has 0 aliphatic carbocycles. The van der Waals surface area contributed by atoms with Gasteiger partial charge in [0.15, 0.2) is 8.32 Å². The number of likely N-dealkylation sites (N-methyl/N-ethyl adjacent to an activating group) is 1. The van der Waals surface area contributed by atoms with Crippen LogP contribution in [0.25, 0.3) is 11.1 Å². The van der Waals surface area contributed by atoms with Crippen LogP contribution in [-0.4, -0.2) is 110 Å². The predicted octanol–water partition coefficient (Wildman–Crippen LogP) is 12.3. The van der Waals surface area contributed by atoms with Crippen LogP contribution in [0.3, 0.4) is 0 Å². The Morgan fingerprint density at radius 2 is 1.51 bits per heavy atom. The summed E-state index contributed by atoms with van der Waals surface area (Å²) < 4.78 is 111. The summed E-state index contributed by atoms with van der Waals surface area (Å²) in [6.07, 6.45) is 0.104. The first-order chi connectivity index (χ1) is 36.8. The number of halogens is 4. The Hall–Kier alpha value is -5.13. The summed E-state index contributed by atoms with van der Waals surface area (Å²) in [5.41, 5.74) is -3.13.